The van der Waals surface area contributed by atoms with E-state index in [2.05, 4.69) is 67.6 Å². The normalized spacial score (nSPS) is 10.8. The predicted octanol–water partition coefficient (Wildman–Crippen LogP) is 5.55. The van der Waals surface area contributed by atoms with Crippen molar-refractivity contribution < 1.29 is 0 Å². The van der Waals surface area contributed by atoms with Crippen LogP contribution in [0.3, 0.4) is 0 Å². The second-order valence-electron chi connectivity index (χ2n) is 4.86. The monoisotopic (exact) mass is 266 g/mol. The average molecular weight is 267 g/mol. The van der Waals surface area contributed by atoms with Gasteiger partial charge in [-0.2, -0.15) is 0 Å². The zero-order valence-corrected chi connectivity index (χ0v) is 11.6. The van der Waals surface area contributed by atoms with E-state index in [0.29, 0.717) is 5.88 Å². The van der Waals surface area contributed by atoms with Crippen molar-refractivity contribution in [3.05, 3.63) is 71.8 Å². The van der Waals surface area contributed by atoms with Crippen LogP contribution in [0, 0.1) is 6.92 Å². The number of hydrogen-bond donors (Lipinski definition) is 0. The van der Waals surface area contributed by atoms with Crippen molar-refractivity contribution in [3.63, 3.8) is 0 Å². The molecule has 3 rings (SSSR count). The Kier molecular flexibility index (Phi) is 3.27. The van der Waals surface area contributed by atoms with Crippen LogP contribution in [0.2, 0.25) is 0 Å². The van der Waals surface area contributed by atoms with Gasteiger partial charge in [-0.15, -0.1) is 11.6 Å². The Bertz CT molecular complexity index is 729. The molecule has 0 aliphatic carbocycles. The molecule has 3 aromatic rings. The molecule has 0 amide bonds. The van der Waals surface area contributed by atoms with E-state index < -0.39 is 0 Å². The third-order valence-corrected chi connectivity index (χ3v) is 3.76. The maximum atomic E-state index is 6.05. The van der Waals surface area contributed by atoms with Crippen LogP contribution in [0.5, 0.6) is 0 Å². The van der Waals surface area contributed by atoms with E-state index in [0.717, 1.165) is 0 Å². The van der Waals surface area contributed by atoms with Gasteiger partial charge in [0.05, 0.1) is 0 Å². The summed E-state index contributed by atoms with van der Waals surface area (Å²) in [6.07, 6.45) is 0. The molecule has 0 bridgehead atoms. The summed E-state index contributed by atoms with van der Waals surface area (Å²) >= 11 is 6.05. The molecule has 0 spiro atoms. The van der Waals surface area contributed by atoms with Gasteiger partial charge in [-0.3, -0.25) is 0 Å². The zero-order valence-electron chi connectivity index (χ0n) is 10.9. The van der Waals surface area contributed by atoms with Gasteiger partial charge in [0.25, 0.3) is 0 Å². The van der Waals surface area contributed by atoms with E-state index in [1.54, 1.807) is 0 Å². The van der Waals surface area contributed by atoms with Crippen LogP contribution in [-0.2, 0) is 5.88 Å². The smallest absolute Gasteiger partial charge is 0.0480 e. The van der Waals surface area contributed by atoms with Gasteiger partial charge in [0, 0.05) is 5.88 Å². The van der Waals surface area contributed by atoms with Gasteiger partial charge in [-0.05, 0) is 40.5 Å². The highest BCUT2D eigenvalue weighted by molar-refractivity contribution is 6.17. The lowest BCUT2D eigenvalue weighted by molar-refractivity contribution is 1.36. The van der Waals surface area contributed by atoms with Gasteiger partial charge in [0.2, 0.25) is 0 Å². The highest BCUT2D eigenvalue weighted by Crippen LogP contribution is 2.29. The molecule has 0 nitrogen and oxygen atoms in total. The molecule has 1 heteroatoms. The lowest BCUT2D eigenvalue weighted by atomic mass is 9.96. The fourth-order valence-corrected chi connectivity index (χ4v) is 2.67. The van der Waals surface area contributed by atoms with E-state index in [1.165, 1.54) is 33.0 Å². The maximum Gasteiger partial charge on any atom is 0.0480 e. The van der Waals surface area contributed by atoms with Crippen LogP contribution in [0.25, 0.3) is 21.9 Å². The topological polar surface area (TPSA) is 0 Å². The van der Waals surface area contributed by atoms with Crippen LogP contribution in [0.15, 0.2) is 60.7 Å². The van der Waals surface area contributed by atoms with E-state index >= 15 is 0 Å². The molecule has 0 saturated carbocycles. The minimum Gasteiger partial charge on any atom is -0.122 e. The minimum absolute atomic E-state index is 0.544. The third-order valence-electron chi connectivity index (χ3n) is 3.47. The molecular formula is C18H15Cl. The second-order valence-corrected chi connectivity index (χ2v) is 5.12. The van der Waals surface area contributed by atoms with Gasteiger partial charge in [-0.25, -0.2) is 0 Å². The van der Waals surface area contributed by atoms with Crippen LogP contribution in [0.4, 0.5) is 0 Å². The van der Waals surface area contributed by atoms with Crippen LogP contribution >= 0.6 is 11.6 Å². The molecule has 0 fully saturated rings. The van der Waals surface area contributed by atoms with E-state index in [9.17, 15) is 0 Å². The van der Waals surface area contributed by atoms with Crippen molar-refractivity contribution in [2.24, 2.45) is 0 Å². The van der Waals surface area contributed by atoms with Crippen molar-refractivity contribution >= 4 is 22.4 Å². The first-order valence-electron chi connectivity index (χ1n) is 6.42. The fraction of sp³-hybridized carbons (Fsp3) is 0.111. The van der Waals surface area contributed by atoms with Crippen LogP contribution in [-0.4, -0.2) is 0 Å². The summed E-state index contributed by atoms with van der Waals surface area (Å²) in [4.78, 5) is 0. The SMILES string of the molecule is Cc1ccc(CCl)c(-c2ccc3ccccc3c2)c1. The summed E-state index contributed by atoms with van der Waals surface area (Å²) < 4.78 is 0. The Morgan fingerprint density at radius 2 is 1.63 bits per heavy atom. The Hall–Kier alpha value is -1.79. The lowest BCUT2D eigenvalue weighted by Crippen LogP contribution is -1.88. The van der Waals surface area contributed by atoms with Crippen molar-refractivity contribution in [1.82, 2.24) is 0 Å². The molecule has 0 atom stereocenters. The predicted molar refractivity (Wildman–Crippen MR) is 83.7 cm³/mol. The number of hydrogen-bond acceptors (Lipinski definition) is 0. The standard InChI is InChI=1S/C18H15Cl/c1-13-6-7-17(12-19)18(10-13)16-9-8-14-4-2-3-5-15(14)11-16/h2-11H,12H2,1H3. The summed E-state index contributed by atoms with van der Waals surface area (Å²) in [6.45, 7) is 2.11. The van der Waals surface area contributed by atoms with Crippen molar-refractivity contribution in [2.75, 3.05) is 0 Å². The summed E-state index contributed by atoms with van der Waals surface area (Å²) in [5, 5.41) is 2.54. The van der Waals surface area contributed by atoms with Crippen LogP contribution < -0.4 is 0 Å². The summed E-state index contributed by atoms with van der Waals surface area (Å²) in [6, 6.07) is 21.5. The van der Waals surface area contributed by atoms with Gasteiger partial charge in [0.15, 0.2) is 0 Å². The maximum absolute atomic E-state index is 6.05. The molecule has 94 valence electrons. The first kappa shape index (κ1) is 12.3. The molecule has 0 N–H and O–H groups in total. The van der Waals surface area contributed by atoms with Crippen molar-refractivity contribution in [2.45, 2.75) is 12.8 Å². The molecule has 0 aliphatic heterocycles. The van der Waals surface area contributed by atoms with Gasteiger partial charge >= 0.3 is 0 Å². The quantitative estimate of drug-likeness (QED) is 0.533. The first-order valence-corrected chi connectivity index (χ1v) is 6.96. The fourth-order valence-electron chi connectivity index (χ4n) is 2.43. The molecule has 3 aromatic carbocycles. The Labute approximate surface area is 118 Å². The summed E-state index contributed by atoms with van der Waals surface area (Å²) in [7, 11) is 0. The largest absolute Gasteiger partial charge is 0.122 e. The van der Waals surface area contributed by atoms with Gasteiger partial charge < -0.3 is 0 Å². The van der Waals surface area contributed by atoms with E-state index in [1.807, 2.05) is 0 Å². The molecule has 0 heterocycles. The molecule has 0 aliphatic rings. The van der Waals surface area contributed by atoms with E-state index in [4.69, 9.17) is 11.6 Å². The van der Waals surface area contributed by atoms with Gasteiger partial charge in [-0.1, -0.05) is 60.2 Å². The molecule has 19 heavy (non-hydrogen) atoms. The van der Waals surface area contributed by atoms with Crippen molar-refractivity contribution in [1.29, 1.82) is 0 Å². The molecule has 0 aromatic heterocycles. The molecular weight excluding hydrogens is 252 g/mol. The lowest BCUT2D eigenvalue weighted by Gasteiger charge is -2.10. The minimum atomic E-state index is 0.544. The number of fused-ring (bicyclic) bond motifs is 1. The Morgan fingerprint density at radius 1 is 0.842 bits per heavy atom. The number of halogens is 1. The molecule has 0 unspecified atom stereocenters. The second kappa shape index (κ2) is 5.07. The number of alkyl halides is 1. The number of aryl methyl sites for hydroxylation is 1. The Morgan fingerprint density at radius 3 is 2.42 bits per heavy atom. The molecule has 0 saturated heterocycles. The average Bonchev–Trinajstić information content (AvgIpc) is 2.46. The van der Waals surface area contributed by atoms with E-state index in [-0.39, 0.29) is 0 Å². The number of benzene rings is 3. The zero-order chi connectivity index (χ0) is 13.2. The third kappa shape index (κ3) is 2.36. The first-order chi connectivity index (χ1) is 9.28. The number of rotatable bonds is 2. The highest BCUT2D eigenvalue weighted by atomic mass is 35.5. The van der Waals surface area contributed by atoms with Crippen LogP contribution in [0.1, 0.15) is 11.1 Å². The Balaban J connectivity index is 2.21. The van der Waals surface area contributed by atoms with Gasteiger partial charge in [0.1, 0.15) is 0 Å². The highest BCUT2D eigenvalue weighted by Gasteiger charge is 2.05. The summed E-state index contributed by atoms with van der Waals surface area (Å²) in [5.41, 5.74) is 4.92. The summed E-state index contributed by atoms with van der Waals surface area (Å²) in [5.74, 6) is 0.544. The van der Waals surface area contributed by atoms with Crippen molar-refractivity contribution in [3.8, 4) is 11.1 Å². The molecule has 0 radical (unpaired) electrons.